The molecule has 3 rings (SSSR count). The van der Waals surface area contributed by atoms with Crippen molar-refractivity contribution in [1.82, 2.24) is 5.32 Å². The zero-order valence-electron chi connectivity index (χ0n) is 12.3. The molecule has 0 aliphatic heterocycles. The summed E-state index contributed by atoms with van der Waals surface area (Å²) in [4.78, 5) is 0. The molecule has 0 amide bonds. The molecule has 1 N–H and O–H groups in total. The maximum Gasteiger partial charge on any atom is 0.0346 e. The molecule has 1 heteroatoms. The van der Waals surface area contributed by atoms with Crippen molar-refractivity contribution in [2.75, 3.05) is 0 Å². The molecule has 1 fully saturated rings. The van der Waals surface area contributed by atoms with Crippen LogP contribution in [0.4, 0.5) is 0 Å². The van der Waals surface area contributed by atoms with Crippen molar-refractivity contribution >= 4 is 0 Å². The van der Waals surface area contributed by atoms with Crippen LogP contribution in [0.15, 0.2) is 60.7 Å². The van der Waals surface area contributed by atoms with Gasteiger partial charge in [-0.25, -0.2) is 0 Å². The second kappa shape index (κ2) is 5.80. The third kappa shape index (κ3) is 2.94. The second-order valence-corrected chi connectivity index (χ2v) is 6.16. The highest BCUT2D eigenvalue weighted by Crippen LogP contribution is 2.42. The summed E-state index contributed by atoms with van der Waals surface area (Å²) in [6, 6.07) is 22.8. The summed E-state index contributed by atoms with van der Waals surface area (Å²) >= 11 is 0. The normalized spacial score (nSPS) is 22.8. The maximum absolute atomic E-state index is 3.86. The smallest absolute Gasteiger partial charge is 0.0346 e. The Bertz CT molecular complexity index is 532. The Morgan fingerprint density at radius 2 is 1.50 bits per heavy atom. The molecule has 2 aromatic carbocycles. The molecule has 20 heavy (non-hydrogen) atoms. The first-order valence-electron chi connectivity index (χ1n) is 7.61. The van der Waals surface area contributed by atoms with Crippen LogP contribution in [-0.2, 0) is 0 Å². The second-order valence-electron chi connectivity index (χ2n) is 6.16. The molecule has 0 heterocycles. The van der Waals surface area contributed by atoms with Crippen molar-refractivity contribution in [3.8, 4) is 0 Å². The van der Waals surface area contributed by atoms with Crippen LogP contribution in [0.25, 0.3) is 0 Å². The van der Waals surface area contributed by atoms with E-state index in [9.17, 15) is 0 Å². The largest absolute Gasteiger partial charge is 0.306 e. The molecule has 0 aromatic heterocycles. The van der Waals surface area contributed by atoms with Crippen LogP contribution in [0.1, 0.15) is 43.4 Å². The zero-order chi connectivity index (χ0) is 13.9. The third-order valence-corrected chi connectivity index (χ3v) is 4.24. The van der Waals surface area contributed by atoms with Crippen molar-refractivity contribution in [2.45, 2.75) is 38.3 Å². The summed E-state index contributed by atoms with van der Waals surface area (Å²) in [5.74, 6) is 1.30. The zero-order valence-corrected chi connectivity index (χ0v) is 12.3. The van der Waals surface area contributed by atoms with E-state index in [-0.39, 0.29) is 0 Å². The number of rotatable bonds is 5. The highest BCUT2D eigenvalue weighted by Gasteiger charge is 2.39. The summed E-state index contributed by atoms with van der Waals surface area (Å²) in [6.07, 6.45) is 1.26. The van der Waals surface area contributed by atoms with Gasteiger partial charge in [0.25, 0.3) is 0 Å². The monoisotopic (exact) mass is 265 g/mol. The molecule has 2 aromatic rings. The van der Waals surface area contributed by atoms with Gasteiger partial charge in [0, 0.05) is 18.0 Å². The van der Waals surface area contributed by atoms with Gasteiger partial charge in [0.1, 0.15) is 0 Å². The van der Waals surface area contributed by atoms with Crippen LogP contribution in [0, 0.1) is 5.92 Å². The van der Waals surface area contributed by atoms with E-state index in [1.165, 1.54) is 17.5 Å². The summed E-state index contributed by atoms with van der Waals surface area (Å²) in [6.45, 7) is 4.59. The van der Waals surface area contributed by atoms with Crippen LogP contribution >= 0.6 is 0 Å². The van der Waals surface area contributed by atoms with Crippen molar-refractivity contribution in [1.29, 1.82) is 0 Å². The van der Waals surface area contributed by atoms with Crippen LogP contribution < -0.4 is 5.32 Å². The Kier molecular flexibility index (Phi) is 3.88. The molecular weight excluding hydrogens is 242 g/mol. The van der Waals surface area contributed by atoms with E-state index in [1.54, 1.807) is 0 Å². The molecule has 1 nitrogen and oxygen atoms in total. The summed E-state index contributed by atoms with van der Waals surface area (Å²) in [7, 11) is 0. The Morgan fingerprint density at radius 1 is 0.900 bits per heavy atom. The van der Waals surface area contributed by atoms with Crippen molar-refractivity contribution in [2.24, 2.45) is 5.92 Å². The lowest BCUT2D eigenvalue weighted by molar-refractivity contribution is 0.406. The number of nitrogens with one attached hydrogen (secondary N) is 1. The van der Waals surface area contributed by atoms with Crippen LogP contribution in [0.5, 0.6) is 0 Å². The molecule has 104 valence electrons. The summed E-state index contributed by atoms with van der Waals surface area (Å²) < 4.78 is 0. The highest BCUT2D eigenvalue weighted by atomic mass is 15.0. The van der Waals surface area contributed by atoms with E-state index < -0.39 is 0 Å². The van der Waals surface area contributed by atoms with Gasteiger partial charge in [-0.05, 0) is 23.5 Å². The molecule has 0 spiro atoms. The van der Waals surface area contributed by atoms with Crippen LogP contribution in [0.2, 0.25) is 0 Å². The topological polar surface area (TPSA) is 12.0 Å². The van der Waals surface area contributed by atoms with E-state index in [1.807, 2.05) is 0 Å². The van der Waals surface area contributed by atoms with E-state index in [2.05, 4.69) is 79.8 Å². The van der Waals surface area contributed by atoms with E-state index in [4.69, 9.17) is 0 Å². The summed E-state index contributed by atoms with van der Waals surface area (Å²) in [5, 5.41) is 3.86. The number of hydrogen-bond donors (Lipinski definition) is 1. The fourth-order valence-corrected chi connectivity index (χ4v) is 3.01. The fourth-order valence-electron chi connectivity index (χ4n) is 3.01. The van der Waals surface area contributed by atoms with Gasteiger partial charge < -0.3 is 5.32 Å². The molecule has 3 unspecified atom stereocenters. The average molecular weight is 265 g/mol. The lowest BCUT2D eigenvalue weighted by Crippen LogP contribution is -2.28. The van der Waals surface area contributed by atoms with E-state index in [0.29, 0.717) is 23.9 Å². The molecule has 0 radical (unpaired) electrons. The van der Waals surface area contributed by atoms with E-state index >= 15 is 0 Å². The first-order chi connectivity index (χ1) is 9.75. The van der Waals surface area contributed by atoms with Gasteiger partial charge in [-0.1, -0.05) is 74.5 Å². The lowest BCUT2D eigenvalue weighted by atomic mass is 9.96. The highest BCUT2D eigenvalue weighted by molar-refractivity contribution is 5.29. The van der Waals surface area contributed by atoms with Crippen molar-refractivity contribution < 1.29 is 0 Å². The van der Waals surface area contributed by atoms with Gasteiger partial charge in [0.05, 0.1) is 0 Å². The molecule has 1 saturated carbocycles. The summed E-state index contributed by atoms with van der Waals surface area (Å²) in [5.41, 5.74) is 2.88. The van der Waals surface area contributed by atoms with Crippen molar-refractivity contribution in [3.63, 3.8) is 0 Å². The van der Waals surface area contributed by atoms with Crippen molar-refractivity contribution in [3.05, 3.63) is 71.8 Å². The van der Waals surface area contributed by atoms with Gasteiger partial charge in [0.2, 0.25) is 0 Å². The SMILES string of the molecule is CC(C)C(NC1CC1c1ccccc1)c1ccccc1. The molecular formula is C19H23N. The van der Waals surface area contributed by atoms with E-state index in [0.717, 1.165) is 0 Å². The van der Waals surface area contributed by atoms with Crippen LogP contribution in [0.3, 0.4) is 0 Å². The van der Waals surface area contributed by atoms with Crippen LogP contribution in [-0.4, -0.2) is 6.04 Å². The lowest BCUT2D eigenvalue weighted by Gasteiger charge is -2.23. The Morgan fingerprint density at radius 3 is 2.10 bits per heavy atom. The molecule has 0 bridgehead atoms. The Balaban J connectivity index is 1.68. The number of benzene rings is 2. The minimum Gasteiger partial charge on any atom is -0.306 e. The molecule has 0 saturated heterocycles. The molecule has 1 aliphatic carbocycles. The van der Waals surface area contributed by atoms with Gasteiger partial charge in [-0.15, -0.1) is 0 Å². The Labute approximate surface area is 122 Å². The molecule has 3 atom stereocenters. The van der Waals surface area contributed by atoms with Gasteiger partial charge in [-0.2, -0.15) is 0 Å². The maximum atomic E-state index is 3.86. The third-order valence-electron chi connectivity index (χ3n) is 4.24. The first-order valence-corrected chi connectivity index (χ1v) is 7.61. The first kappa shape index (κ1) is 13.4. The van der Waals surface area contributed by atoms with Gasteiger partial charge >= 0.3 is 0 Å². The number of hydrogen-bond acceptors (Lipinski definition) is 1. The fraction of sp³-hybridized carbons (Fsp3) is 0.368. The Hall–Kier alpha value is -1.60. The molecule has 1 aliphatic rings. The quantitative estimate of drug-likeness (QED) is 0.837. The minimum atomic E-state index is 0.454. The predicted octanol–water partition coefficient (Wildman–Crippen LogP) is 4.53. The minimum absolute atomic E-state index is 0.454. The van der Waals surface area contributed by atoms with Gasteiger partial charge in [-0.3, -0.25) is 0 Å². The average Bonchev–Trinajstić information content (AvgIpc) is 3.26. The van der Waals surface area contributed by atoms with Gasteiger partial charge in [0.15, 0.2) is 0 Å². The predicted molar refractivity (Wildman–Crippen MR) is 84.7 cm³/mol. The standard InChI is InChI=1S/C19H23N/c1-14(2)19(16-11-7-4-8-12-16)20-18-13-17(18)15-9-5-3-6-10-15/h3-12,14,17-20H,13H2,1-2H3.